The first kappa shape index (κ1) is 6.37. The average molecular weight is 135 g/mol. The Labute approximate surface area is 54.7 Å². The molecule has 0 aromatic carbocycles. The van der Waals surface area contributed by atoms with Crippen LogP contribution in [0.4, 0.5) is 0 Å². The van der Waals surface area contributed by atoms with Gasteiger partial charge in [-0.2, -0.15) is 0 Å². The van der Waals surface area contributed by atoms with Crippen molar-refractivity contribution in [3.05, 3.63) is 0 Å². The Morgan fingerprint density at radius 1 is 1.75 bits per heavy atom. The van der Waals surface area contributed by atoms with Gasteiger partial charge in [0.25, 0.3) is 0 Å². The molecule has 0 heterocycles. The zero-order valence-electron chi connectivity index (χ0n) is 5.02. The lowest BCUT2D eigenvalue weighted by Gasteiger charge is -2.18. The number of rotatable bonds is 0. The van der Waals surface area contributed by atoms with Crippen molar-refractivity contribution in [1.82, 2.24) is 0 Å². The summed E-state index contributed by atoms with van der Waals surface area (Å²) in [7, 11) is 0. The minimum atomic E-state index is -0.582. The summed E-state index contributed by atoms with van der Waals surface area (Å²) in [5.74, 6) is 0. The van der Waals surface area contributed by atoms with E-state index in [1.54, 1.807) is 6.92 Å². The summed E-state index contributed by atoms with van der Waals surface area (Å²) in [6.07, 6.45) is 2.90. The van der Waals surface area contributed by atoms with E-state index in [2.05, 4.69) is 0 Å². The van der Waals surface area contributed by atoms with Crippen LogP contribution in [0.5, 0.6) is 0 Å². The van der Waals surface area contributed by atoms with Gasteiger partial charge in [0.2, 0.25) is 0 Å². The molecule has 1 N–H and O–H groups in total. The Hall–Kier alpha value is 0.250. The molecule has 1 nitrogen and oxygen atoms in total. The van der Waals surface area contributed by atoms with Gasteiger partial charge in [-0.15, -0.1) is 11.6 Å². The highest BCUT2D eigenvalue weighted by Crippen LogP contribution is 2.33. The van der Waals surface area contributed by atoms with Crippen molar-refractivity contribution in [2.75, 3.05) is 0 Å². The van der Waals surface area contributed by atoms with Crippen molar-refractivity contribution in [3.63, 3.8) is 0 Å². The van der Waals surface area contributed by atoms with Crippen molar-refractivity contribution < 1.29 is 5.11 Å². The molecule has 48 valence electrons. The molecule has 1 fully saturated rings. The van der Waals surface area contributed by atoms with E-state index in [1.165, 1.54) is 0 Å². The van der Waals surface area contributed by atoms with Crippen LogP contribution >= 0.6 is 11.6 Å². The standard InChI is InChI=1S/C6H11ClO/c1-6(8)4-2-3-5(6)7/h5,8H,2-4H2,1H3/t5-,6+/m0/s1. The maximum Gasteiger partial charge on any atom is 0.0782 e. The molecule has 0 radical (unpaired) electrons. The fraction of sp³-hybridized carbons (Fsp3) is 1.00. The van der Waals surface area contributed by atoms with E-state index in [0.717, 1.165) is 19.3 Å². The summed E-state index contributed by atoms with van der Waals surface area (Å²) >= 11 is 5.75. The van der Waals surface area contributed by atoms with Gasteiger partial charge in [0, 0.05) is 0 Å². The van der Waals surface area contributed by atoms with E-state index < -0.39 is 5.60 Å². The lowest BCUT2D eigenvalue weighted by Crippen LogP contribution is -2.28. The molecule has 2 atom stereocenters. The second-order valence-corrected chi connectivity index (χ2v) is 3.24. The molecule has 0 saturated heterocycles. The molecule has 2 heteroatoms. The summed E-state index contributed by atoms with van der Waals surface area (Å²) < 4.78 is 0. The number of aliphatic hydroxyl groups is 1. The maximum absolute atomic E-state index is 9.33. The quantitative estimate of drug-likeness (QED) is 0.499. The minimum absolute atomic E-state index is 0.0116. The van der Waals surface area contributed by atoms with Gasteiger partial charge in [-0.05, 0) is 26.2 Å². The van der Waals surface area contributed by atoms with Crippen LogP contribution in [0, 0.1) is 0 Å². The van der Waals surface area contributed by atoms with Crippen LogP contribution < -0.4 is 0 Å². The van der Waals surface area contributed by atoms with E-state index in [-0.39, 0.29) is 5.38 Å². The molecule has 1 saturated carbocycles. The first-order valence-electron chi connectivity index (χ1n) is 2.99. The second kappa shape index (κ2) is 1.89. The van der Waals surface area contributed by atoms with Gasteiger partial charge in [-0.1, -0.05) is 0 Å². The van der Waals surface area contributed by atoms with Crippen LogP contribution in [0.15, 0.2) is 0 Å². The molecule has 1 rings (SSSR count). The highest BCUT2D eigenvalue weighted by Gasteiger charge is 2.34. The fourth-order valence-corrected chi connectivity index (χ4v) is 1.37. The summed E-state index contributed by atoms with van der Waals surface area (Å²) in [6.45, 7) is 1.80. The van der Waals surface area contributed by atoms with Crippen molar-refractivity contribution >= 4 is 11.6 Å². The van der Waals surface area contributed by atoms with Gasteiger partial charge in [-0.25, -0.2) is 0 Å². The number of halogens is 1. The van der Waals surface area contributed by atoms with Gasteiger partial charge in [0.1, 0.15) is 0 Å². The summed E-state index contributed by atoms with van der Waals surface area (Å²) in [6, 6.07) is 0. The Balaban J connectivity index is 2.54. The van der Waals surface area contributed by atoms with E-state index in [9.17, 15) is 5.11 Å². The monoisotopic (exact) mass is 134 g/mol. The number of hydrogen-bond acceptors (Lipinski definition) is 1. The lowest BCUT2D eigenvalue weighted by molar-refractivity contribution is 0.0715. The number of alkyl halides is 1. The average Bonchev–Trinajstić information content (AvgIpc) is 1.86. The van der Waals surface area contributed by atoms with Gasteiger partial charge in [0.05, 0.1) is 11.0 Å². The molecule has 0 aromatic rings. The Morgan fingerprint density at radius 3 is 2.50 bits per heavy atom. The van der Waals surface area contributed by atoms with Gasteiger partial charge < -0.3 is 5.11 Å². The lowest BCUT2D eigenvalue weighted by atomic mass is 10.1. The zero-order valence-corrected chi connectivity index (χ0v) is 5.78. The predicted octanol–water partition coefficient (Wildman–Crippen LogP) is 1.53. The van der Waals surface area contributed by atoms with Crippen LogP contribution in [0.3, 0.4) is 0 Å². The molecule has 1 aliphatic rings. The fourth-order valence-electron chi connectivity index (χ4n) is 1.11. The smallest absolute Gasteiger partial charge is 0.0782 e. The van der Waals surface area contributed by atoms with Crippen molar-refractivity contribution in [3.8, 4) is 0 Å². The molecule has 0 amide bonds. The van der Waals surface area contributed by atoms with Gasteiger partial charge in [-0.3, -0.25) is 0 Å². The highest BCUT2D eigenvalue weighted by molar-refractivity contribution is 6.21. The maximum atomic E-state index is 9.33. The van der Waals surface area contributed by atoms with Crippen LogP contribution in [0.2, 0.25) is 0 Å². The Morgan fingerprint density at radius 2 is 2.38 bits per heavy atom. The van der Waals surface area contributed by atoms with E-state index in [1.807, 2.05) is 0 Å². The van der Waals surface area contributed by atoms with Crippen LogP contribution in [-0.4, -0.2) is 16.1 Å². The third-order valence-corrected chi connectivity index (χ3v) is 2.50. The molecule has 0 aliphatic heterocycles. The van der Waals surface area contributed by atoms with Gasteiger partial charge in [0.15, 0.2) is 0 Å². The van der Waals surface area contributed by atoms with Crippen molar-refractivity contribution in [1.29, 1.82) is 0 Å². The Kier molecular flexibility index (Phi) is 1.50. The molecule has 0 bridgehead atoms. The predicted molar refractivity (Wildman–Crippen MR) is 34.1 cm³/mol. The van der Waals surface area contributed by atoms with Crippen molar-refractivity contribution in [2.24, 2.45) is 0 Å². The normalized spacial score (nSPS) is 47.6. The molecular weight excluding hydrogens is 124 g/mol. The Bertz CT molecular complexity index is 90.5. The van der Waals surface area contributed by atoms with Crippen molar-refractivity contribution in [2.45, 2.75) is 37.2 Å². The first-order valence-corrected chi connectivity index (χ1v) is 3.43. The second-order valence-electron chi connectivity index (χ2n) is 2.72. The van der Waals surface area contributed by atoms with E-state index in [4.69, 9.17) is 11.6 Å². The van der Waals surface area contributed by atoms with Crippen LogP contribution in [0.1, 0.15) is 26.2 Å². The topological polar surface area (TPSA) is 20.2 Å². The van der Waals surface area contributed by atoms with Crippen LogP contribution in [-0.2, 0) is 0 Å². The number of hydrogen-bond donors (Lipinski definition) is 1. The molecule has 0 spiro atoms. The molecule has 0 unspecified atom stereocenters. The molecular formula is C6H11ClO. The largest absolute Gasteiger partial charge is 0.389 e. The SMILES string of the molecule is C[C@@]1(O)CCC[C@@H]1Cl. The summed E-state index contributed by atoms with van der Waals surface area (Å²) in [5.41, 5.74) is -0.582. The zero-order chi connectivity index (χ0) is 6.20. The van der Waals surface area contributed by atoms with Gasteiger partial charge >= 0.3 is 0 Å². The van der Waals surface area contributed by atoms with Crippen LogP contribution in [0.25, 0.3) is 0 Å². The molecule has 0 aromatic heterocycles. The van der Waals surface area contributed by atoms with E-state index in [0.29, 0.717) is 0 Å². The summed E-state index contributed by atoms with van der Waals surface area (Å²) in [5, 5.41) is 9.32. The first-order chi connectivity index (χ1) is 3.63. The minimum Gasteiger partial charge on any atom is -0.389 e. The third-order valence-electron chi connectivity index (χ3n) is 1.82. The van der Waals surface area contributed by atoms with E-state index >= 15 is 0 Å². The highest BCUT2D eigenvalue weighted by atomic mass is 35.5. The third kappa shape index (κ3) is 0.981. The summed E-state index contributed by atoms with van der Waals surface area (Å²) in [4.78, 5) is 0. The molecule has 8 heavy (non-hydrogen) atoms. The molecule has 1 aliphatic carbocycles.